The maximum atomic E-state index is 13.1. The third-order valence-electron chi connectivity index (χ3n) is 1.57. The van der Waals surface area contributed by atoms with E-state index in [2.05, 4.69) is 21.2 Å². The van der Waals surface area contributed by atoms with Crippen LogP contribution in [0.1, 0.15) is 17.3 Å². The number of carbonyl (C=O) groups is 1. The van der Waals surface area contributed by atoms with E-state index in [-0.39, 0.29) is 5.56 Å². The standard InChI is InChI=1S/C9H8BrF2NO/c1-2-13-9(14)6-3-5(10)4-7(11)8(6)12/h3-4H,2H2,1H3,(H,13,14). The number of hydrogen-bond donors (Lipinski definition) is 1. The van der Waals surface area contributed by atoms with Crippen LogP contribution in [0.3, 0.4) is 0 Å². The smallest absolute Gasteiger partial charge is 0.254 e. The van der Waals surface area contributed by atoms with Crippen molar-refractivity contribution in [1.29, 1.82) is 0 Å². The lowest BCUT2D eigenvalue weighted by atomic mass is 10.2. The van der Waals surface area contributed by atoms with Crippen LogP contribution in [-0.4, -0.2) is 12.5 Å². The summed E-state index contributed by atoms with van der Waals surface area (Å²) in [7, 11) is 0. The lowest BCUT2D eigenvalue weighted by Crippen LogP contribution is -2.24. The first kappa shape index (κ1) is 11.1. The normalized spacial score (nSPS) is 10.0. The summed E-state index contributed by atoms with van der Waals surface area (Å²) in [6.07, 6.45) is 0. The van der Waals surface area contributed by atoms with Crippen LogP contribution in [-0.2, 0) is 0 Å². The van der Waals surface area contributed by atoms with E-state index >= 15 is 0 Å². The van der Waals surface area contributed by atoms with E-state index in [1.165, 1.54) is 6.07 Å². The highest BCUT2D eigenvalue weighted by molar-refractivity contribution is 9.10. The number of nitrogens with one attached hydrogen (secondary N) is 1. The summed E-state index contributed by atoms with van der Waals surface area (Å²) in [5, 5.41) is 2.39. The summed E-state index contributed by atoms with van der Waals surface area (Å²) < 4.78 is 26.3. The molecule has 0 aliphatic heterocycles. The lowest BCUT2D eigenvalue weighted by Gasteiger charge is -2.04. The van der Waals surface area contributed by atoms with Gasteiger partial charge in [0, 0.05) is 11.0 Å². The van der Waals surface area contributed by atoms with Gasteiger partial charge in [-0.3, -0.25) is 4.79 Å². The first-order chi connectivity index (χ1) is 6.56. The number of hydrogen-bond acceptors (Lipinski definition) is 1. The maximum Gasteiger partial charge on any atom is 0.254 e. The Balaban J connectivity index is 3.13. The van der Waals surface area contributed by atoms with Crippen LogP contribution in [0.5, 0.6) is 0 Å². The largest absolute Gasteiger partial charge is 0.352 e. The van der Waals surface area contributed by atoms with Crippen LogP contribution in [0, 0.1) is 11.6 Å². The molecule has 0 aliphatic rings. The minimum Gasteiger partial charge on any atom is -0.352 e. The number of carbonyl (C=O) groups excluding carboxylic acids is 1. The molecule has 0 spiro atoms. The van der Waals surface area contributed by atoms with Gasteiger partial charge in [-0.2, -0.15) is 0 Å². The second kappa shape index (κ2) is 4.50. The van der Waals surface area contributed by atoms with Crippen LogP contribution in [0.2, 0.25) is 0 Å². The van der Waals surface area contributed by atoms with Gasteiger partial charge in [0.25, 0.3) is 5.91 Å². The van der Waals surface area contributed by atoms with Crippen LogP contribution in [0.4, 0.5) is 8.78 Å². The van der Waals surface area contributed by atoms with Crippen molar-refractivity contribution in [2.45, 2.75) is 6.92 Å². The fourth-order valence-corrected chi connectivity index (χ4v) is 1.41. The van der Waals surface area contributed by atoms with Gasteiger partial charge >= 0.3 is 0 Å². The van der Waals surface area contributed by atoms with Gasteiger partial charge in [-0.15, -0.1) is 0 Å². The molecule has 0 aliphatic carbocycles. The van der Waals surface area contributed by atoms with Gasteiger partial charge in [0.1, 0.15) is 0 Å². The Morgan fingerprint density at radius 2 is 2.14 bits per heavy atom. The molecule has 1 amide bonds. The van der Waals surface area contributed by atoms with Crippen molar-refractivity contribution in [3.8, 4) is 0 Å². The van der Waals surface area contributed by atoms with Gasteiger partial charge in [-0.25, -0.2) is 8.78 Å². The Morgan fingerprint density at radius 3 is 2.71 bits per heavy atom. The second-order valence-corrected chi connectivity index (χ2v) is 3.52. The van der Waals surface area contributed by atoms with Crippen molar-refractivity contribution in [3.63, 3.8) is 0 Å². The molecule has 0 radical (unpaired) electrons. The van der Waals surface area contributed by atoms with Gasteiger partial charge in [0.2, 0.25) is 0 Å². The summed E-state index contributed by atoms with van der Waals surface area (Å²) in [5.41, 5.74) is -0.293. The first-order valence-corrected chi connectivity index (χ1v) is 4.78. The molecule has 0 unspecified atom stereocenters. The highest BCUT2D eigenvalue weighted by Crippen LogP contribution is 2.19. The Morgan fingerprint density at radius 1 is 1.50 bits per heavy atom. The molecule has 0 atom stereocenters. The summed E-state index contributed by atoms with van der Waals surface area (Å²) in [6.45, 7) is 2.07. The van der Waals surface area contributed by atoms with Crippen molar-refractivity contribution >= 4 is 21.8 Å². The Kier molecular flexibility index (Phi) is 3.57. The monoisotopic (exact) mass is 263 g/mol. The molecule has 1 rings (SSSR count). The zero-order valence-electron chi connectivity index (χ0n) is 7.40. The predicted octanol–water partition coefficient (Wildman–Crippen LogP) is 2.48. The summed E-state index contributed by atoms with van der Waals surface area (Å²) >= 11 is 2.98. The minimum absolute atomic E-state index is 0.293. The van der Waals surface area contributed by atoms with E-state index in [1.54, 1.807) is 6.92 Å². The van der Waals surface area contributed by atoms with E-state index in [9.17, 15) is 13.6 Å². The van der Waals surface area contributed by atoms with Crippen LogP contribution < -0.4 is 5.32 Å². The lowest BCUT2D eigenvalue weighted by molar-refractivity contribution is 0.0950. The molecule has 14 heavy (non-hydrogen) atoms. The van der Waals surface area contributed by atoms with Crippen LogP contribution >= 0.6 is 15.9 Å². The highest BCUT2D eigenvalue weighted by atomic mass is 79.9. The predicted molar refractivity (Wildman–Crippen MR) is 52.1 cm³/mol. The highest BCUT2D eigenvalue weighted by Gasteiger charge is 2.15. The first-order valence-electron chi connectivity index (χ1n) is 3.99. The third-order valence-corrected chi connectivity index (χ3v) is 2.03. The van der Waals surface area contributed by atoms with Crippen molar-refractivity contribution in [2.24, 2.45) is 0 Å². The van der Waals surface area contributed by atoms with E-state index in [0.29, 0.717) is 11.0 Å². The number of rotatable bonds is 2. The zero-order chi connectivity index (χ0) is 10.7. The van der Waals surface area contributed by atoms with Crippen LogP contribution in [0.15, 0.2) is 16.6 Å². The molecular weight excluding hydrogens is 256 g/mol. The summed E-state index contributed by atoms with van der Waals surface area (Å²) in [4.78, 5) is 11.2. The average molecular weight is 264 g/mol. The molecule has 0 aromatic heterocycles. The molecule has 1 N–H and O–H groups in total. The van der Waals surface area contributed by atoms with Crippen molar-refractivity contribution in [1.82, 2.24) is 5.32 Å². The molecule has 5 heteroatoms. The third kappa shape index (κ3) is 2.29. The molecule has 76 valence electrons. The molecular formula is C9H8BrF2NO. The molecule has 0 saturated carbocycles. The molecule has 0 saturated heterocycles. The van der Waals surface area contributed by atoms with Gasteiger partial charge < -0.3 is 5.32 Å². The van der Waals surface area contributed by atoms with Gasteiger partial charge in [-0.1, -0.05) is 15.9 Å². The average Bonchev–Trinajstić information content (AvgIpc) is 2.11. The van der Waals surface area contributed by atoms with E-state index < -0.39 is 17.5 Å². The number of amides is 1. The Labute approximate surface area is 88.4 Å². The van der Waals surface area contributed by atoms with Gasteiger partial charge in [0.05, 0.1) is 5.56 Å². The summed E-state index contributed by atoms with van der Waals surface area (Å²) in [5.74, 6) is -2.79. The van der Waals surface area contributed by atoms with E-state index in [0.717, 1.165) is 6.07 Å². The molecule has 0 heterocycles. The fourth-order valence-electron chi connectivity index (χ4n) is 0.977. The minimum atomic E-state index is -1.13. The van der Waals surface area contributed by atoms with Crippen LogP contribution in [0.25, 0.3) is 0 Å². The fraction of sp³-hybridized carbons (Fsp3) is 0.222. The molecule has 0 bridgehead atoms. The van der Waals surface area contributed by atoms with Gasteiger partial charge in [0.15, 0.2) is 11.6 Å². The molecule has 1 aromatic rings. The molecule has 2 nitrogen and oxygen atoms in total. The number of halogens is 3. The maximum absolute atomic E-state index is 13.1. The van der Waals surface area contributed by atoms with E-state index in [1.807, 2.05) is 0 Å². The SMILES string of the molecule is CCNC(=O)c1cc(Br)cc(F)c1F. The topological polar surface area (TPSA) is 29.1 Å². The van der Waals surface area contributed by atoms with Crippen molar-refractivity contribution < 1.29 is 13.6 Å². The van der Waals surface area contributed by atoms with Crippen molar-refractivity contribution in [3.05, 3.63) is 33.8 Å². The Hall–Kier alpha value is -0.970. The van der Waals surface area contributed by atoms with E-state index in [4.69, 9.17) is 0 Å². The molecule has 1 aromatic carbocycles. The zero-order valence-corrected chi connectivity index (χ0v) is 8.99. The molecule has 0 fully saturated rings. The summed E-state index contributed by atoms with van der Waals surface area (Å²) in [6, 6.07) is 2.21. The quantitative estimate of drug-likeness (QED) is 0.817. The Bertz CT molecular complexity index is 368. The number of benzene rings is 1. The second-order valence-electron chi connectivity index (χ2n) is 2.61. The van der Waals surface area contributed by atoms with Crippen molar-refractivity contribution in [2.75, 3.05) is 6.54 Å². The van der Waals surface area contributed by atoms with Gasteiger partial charge in [-0.05, 0) is 19.1 Å².